The number of carbonyl (C=O) groups excluding carboxylic acids is 3. The summed E-state index contributed by atoms with van der Waals surface area (Å²) < 4.78 is 4.95. The van der Waals surface area contributed by atoms with Gasteiger partial charge >= 0.3 is 5.69 Å². The lowest BCUT2D eigenvalue weighted by Gasteiger charge is -2.34. The van der Waals surface area contributed by atoms with Gasteiger partial charge in [0.25, 0.3) is 0 Å². The number of anilines is 1. The highest BCUT2D eigenvalue weighted by molar-refractivity contribution is 6.06. The number of hydrogen-bond acceptors (Lipinski definition) is 11. The van der Waals surface area contributed by atoms with Crippen molar-refractivity contribution in [2.24, 2.45) is 7.05 Å². The summed E-state index contributed by atoms with van der Waals surface area (Å²) in [7, 11) is 1.72. The minimum absolute atomic E-state index is 0.00656. The number of rotatable bonds is 15. The maximum Gasteiger partial charge on any atom is 0.329 e. The highest BCUT2D eigenvalue weighted by atomic mass is 16.3. The normalized spacial score (nSPS) is 19.5. The van der Waals surface area contributed by atoms with Crippen LogP contribution in [0.15, 0.2) is 83.9 Å². The summed E-state index contributed by atoms with van der Waals surface area (Å²) in [6, 6.07) is 18.4. The molecule has 56 heavy (non-hydrogen) atoms. The first-order valence-corrected chi connectivity index (χ1v) is 19.3. The van der Waals surface area contributed by atoms with E-state index in [1.807, 2.05) is 47.4 Å². The molecule has 5 aromatic rings. The number of unbranched alkanes of at least 4 members (excludes halogenated alkanes) is 2. The number of aromatic hydroxyl groups is 1. The quantitative estimate of drug-likeness (QED) is 0.0620. The zero-order chi connectivity index (χ0) is 38.8. The number of aryl methyl sites for hydroxylation is 2. The molecule has 2 aromatic carbocycles. The van der Waals surface area contributed by atoms with E-state index < -0.39 is 11.9 Å². The average Bonchev–Trinajstić information content (AvgIpc) is 3.98. The minimum atomic E-state index is -0.700. The monoisotopic (exact) mass is 758 g/mol. The van der Waals surface area contributed by atoms with E-state index in [0.29, 0.717) is 42.7 Å². The molecule has 0 aliphatic carbocycles. The number of pyridine rings is 1. The number of imide groups is 1. The fraction of sp³-hybridized carbons (Fsp3) is 0.390. The molecular formula is C41H46N10O5. The van der Waals surface area contributed by atoms with E-state index in [9.17, 15) is 24.3 Å². The van der Waals surface area contributed by atoms with Crippen LogP contribution in [0.3, 0.4) is 0 Å². The van der Waals surface area contributed by atoms with E-state index in [1.165, 1.54) is 10.6 Å². The van der Waals surface area contributed by atoms with Gasteiger partial charge < -0.3 is 20.2 Å². The molecule has 15 nitrogen and oxygen atoms in total. The summed E-state index contributed by atoms with van der Waals surface area (Å²) in [4.78, 5) is 59.6. The number of benzene rings is 2. The fourth-order valence-corrected chi connectivity index (χ4v) is 8.36. The number of amides is 2. The lowest BCUT2D eigenvalue weighted by atomic mass is 10.1. The van der Waals surface area contributed by atoms with Gasteiger partial charge in [0.15, 0.2) is 5.78 Å². The fourth-order valence-electron chi connectivity index (χ4n) is 8.36. The summed E-state index contributed by atoms with van der Waals surface area (Å²) in [5.41, 5.74) is 4.38. The topological polar surface area (TPSA) is 173 Å². The highest BCUT2D eigenvalue weighted by Gasteiger charge is 2.42. The standard InChI is InChI=1S/C41H46N10O5/c1-47-39-27(9-7-13-33(39)51(41(47)56)34-16-17-38(54)44-40(34)55)22-42-19-6-2-3-10-29-24-49(46-45-29)23-28-11-8-15-37(43-28)50-26-30-21-31(50)25-48(30)20-18-36(53)32-12-4-5-14-35(32)52/h4-5,7-9,11-15,18,20,24,30-31,34,42,52H,2-3,6,10,16-17,19,21-23,25-26H2,1H3,(H,44,54,55)/b20-18+/t30-,31-,34?/m1/s1. The Balaban J connectivity index is 0.774. The molecule has 0 saturated carbocycles. The minimum Gasteiger partial charge on any atom is -0.507 e. The van der Waals surface area contributed by atoms with Gasteiger partial charge in [0, 0.05) is 63.7 Å². The predicted octanol–water partition coefficient (Wildman–Crippen LogP) is 3.22. The molecule has 3 aliphatic heterocycles. The molecule has 3 aromatic heterocycles. The SMILES string of the molecule is Cn1c(=O)n(C2CCC(=O)NC2=O)c2cccc(CNCCCCCc3cn(Cc4cccc(N5C[C@H]6C[C@@H]5CN6/C=C/C(=O)c5ccccc5O)n4)nn3)c21. The molecule has 2 bridgehead atoms. The largest absolute Gasteiger partial charge is 0.507 e. The van der Waals surface area contributed by atoms with Crippen LogP contribution in [0.25, 0.3) is 11.0 Å². The average molecular weight is 759 g/mol. The summed E-state index contributed by atoms with van der Waals surface area (Å²) in [6.45, 7) is 3.58. The molecule has 1 unspecified atom stereocenters. The lowest BCUT2D eigenvalue weighted by Crippen LogP contribution is -2.44. The number of nitrogens with one attached hydrogen (secondary N) is 2. The first kappa shape index (κ1) is 36.9. The molecule has 0 spiro atoms. The number of nitrogens with zero attached hydrogens (tertiary/aromatic N) is 8. The second-order valence-electron chi connectivity index (χ2n) is 14.9. The van der Waals surface area contributed by atoms with Crippen molar-refractivity contribution in [3.8, 4) is 5.75 Å². The number of likely N-dealkylation sites (tertiary alicyclic amines) is 1. The number of imidazole rings is 1. The maximum atomic E-state index is 13.2. The van der Waals surface area contributed by atoms with Crippen LogP contribution in [0, 0.1) is 0 Å². The summed E-state index contributed by atoms with van der Waals surface area (Å²) in [5.74, 6) is -0.00378. The first-order valence-electron chi connectivity index (χ1n) is 19.3. The van der Waals surface area contributed by atoms with Crippen molar-refractivity contribution in [1.29, 1.82) is 0 Å². The smallest absolute Gasteiger partial charge is 0.329 e. The molecule has 15 heteroatoms. The molecule has 3 aliphatic rings. The number of allylic oxidation sites excluding steroid dienone is 1. The first-order chi connectivity index (χ1) is 27.2. The maximum absolute atomic E-state index is 13.2. The second kappa shape index (κ2) is 15.9. The Kier molecular flexibility index (Phi) is 10.5. The Morgan fingerprint density at radius 2 is 1.84 bits per heavy atom. The van der Waals surface area contributed by atoms with Gasteiger partial charge in [0.2, 0.25) is 11.8 Å². The van der Waals surface area contributed by atoms with E-state index in [-0.39, 0.29) is 29.6 Å². The Morgan fingerprint density at radius 3 is 2.66 bits per heavy atom. The van der Waals surface area contributed by atoms with E-state index in [1.54, 1.807) is 35.9 Å². The van der Waals surface area contributed by atoms with Crippen LogP contribution in [-0.2, 0) is 36.1 Å². The van der Waals surface area contributed by atoms with Crippen molar-refractivity contribution in [1.82, 2.24) is 44.6 Å². The predicted molar refractivity (Wildman–Crippen MR) is 209 cm³/mol. The van der Waals surface area contributed by atoms with Crippen molar-refractivity contribution >= 4 is 34.4 Å². The van der Waals surface area contributed by atoms with Crippen LogP contribution in [0.2, 0.25) is 0 Å². The molecule has 290 valence electrons. The molecular weight excluding hydrogens is 713 g/mol. The molecule has 3 atom stereocenters. The number of fused-ring (bicyclic) bond motifs is 3. The van der Waals surface area contributed by atoms with Gasteiger partial charge in [-0.15, -0.1) is 5.10 Å². The third kappa shape index (κ3) is 7.58. The van der Waals surface area contributed by atoms with Crippen LogP contribution < -0.4 is 21.2 Å². The van der Waals surface area contributed by atoms with Crippen LogP contribution >= 0.6 is 0 Å². The molecule has 2 amide bonds. The van der Waals surface area contributed by atoms with Gasteiger partial charge in [-0.05, 0) is 74.5 Å². The van der Waals surface area contributed by atoms with E-state index in [0.717, 1.165) is 80.0 Å². The number of ketones is 1. The molecule has 8 rings (SSSR count). The zero-order valence-corrected chi connectivity index (χ0v) is 31.4. The van der Waals surface area contributed by atoms with Crippen molar-refractivity contribution < 1.29 is 19.5 Å². The van der Waals surface area contributed by atoms with E-state index in [2.05, 4.69) is 36.8 Å². The Hall–Kier alpha value is -6.09. The summed E-state index contributed by atoms with van der Waals surface area (Å²) >= 11 is 0. The van der Waals surface area contributed by atoms with Crippen molar-refractivity contribution in [3.05, 3.63) is 112 Å². The summed E-state index contributed by atoms with van der Waals surface area (Å²) in [6.07, 6.45) is 10.8. The van der Waals surface area contributed by atoms with Gasteiger partial charge in [-0.2, -0.15) is 0 Å². The van der Waals surface area contributed by atoms with Crippen LogP contribution in [0.4, 0.5) is 5.82 Å². The summed E-state index contributed by atoms with van der Waals surface area (Å²) in [5, 5.41) is 24.7. The molecule has 3 saturated heterocycles. The van der Waals surface area contributed by atoms with Crippen molar-refractivity contribution in [2.75, 3.05) is 24.5 Å². The number of aromatic nitrogens is 6. The number of hydrogen-bond donors (Lipinski definition) is 3. The second-order valence-corrected chi connectivity index (χ2v) is 14.9. The number of phenols is 1. The molecule has 3 N–H and O–H groups in total. The molecule has 0 radical (unpaired) electrons. The van der Waals surface area contributed by atoms with Crippen molar-refractivity contribution in [3.63, 3.8) is 0 Å². The van der Waals surface area contributed by atoms with Crippen LogP contribution in [0.1, 0.15) is 71.9 Å². The zero-order valence-electron chi connectivity index (χ0n) is 31.4. The lowest BCUT2D eigenvalue weighted by molar-refractivity contribution is -0.135. The van der Waals surface area contributed by atoms with Gasteiger partial charge in [-0.1, -0.05) is 42.0 Å². The Bertz CT molecular complexity index is 2360. The van der Waals surface area contributed by atoms with Gasteiger partial charge in [-0.3, -0.25) is 28.8 Å². The molecule has 3 fully saturated rings. The number of piperazine rings is 1. The number of para-hydroxylation sites is 2. The van der Waals surface area contributed by atoms with Gasteiger partial charge in [0.1, 0.15) is 17.6 Å². The third-order valence-electron chi connectivity index (χ3n) is 11.2. The van der Waals surface area contributed by atoms with Crippen LogP contribution in [0.5, 0.6) is 5.75 Å². The Morgan fingerprint density at radius 1 is 0.982 bits per heavy atom. The van der Waals surface area contributed by atoms with E-state index >= 15 is 0 Å². The number of phenolic OH excluding ortho intramolecular Hbond substituents is 1. The van der Waals surface area contributed by atoms with Crippen molar-refractivity contribution in [2.45, 2.75) is 76.2 Å². The third-order valence-corrected chi connectivity index (χ3v) is 11.2. The van der Waals surface area contributed by atoms with Gasteiger partial charge in [0.05, 0.1) is 34.5 Å². The number of piperidine rings is 1. The van der Waals surface area contributed by atoms with Gasteiger partial charge in [-0.25, -0.2) is 14.5 Å². The highest BCUT2D eigenvalue weighted by Crippen LogP contribution is 2.34. The van der Waals surface area contributed by atoms with Crippen LogP contribution in [-0.4, -0.2) is 88.4 Å². The van der Waals surface area contributed by atoms with E-state index in [4.69, 9.17) is 4.98 Å². The molecule has 6 heterocycles. The number of carbonyl (C=O) groups is 3. The Labute approximate surface area is 323 Å².